The van der Waals surface area contributed by atoms with E-state index in [4.69, 9.17) is 0 Å². The molecular formula is C21H30O. The van der Waals surface area contributed by atoms with Crippen LogP contribution in [-0.2, 0) is 4.79 Å². The van der Waals surface area contributed by atoms with Gasteiger partial charge in [-0.15, -0.1) is 0 Å². The van der Waals surface area contributed by atoms with Gasteiger partial charge in [0.2, 0.25) is 0 Å². The maximum Gasteiger partial charge on any atom is 0.123 e. The first-order chi connectivity index (χ1) is 10.9. The van der Waals surface area contributed by atoms with Crippen LogP contribution in [0.4, 0.5) is 0 Å². The first kappa shape index (κ1) is 20.1. The molecular weight excluding hydrogens is 268 g/mol. The third-order valence-electron chi connectivity index (χ3n) is 2.83. The number of hydrogen-bond acceptors (Lipinski definition) is 1. The normalized spacial score (nSPS) is 13.1. The van der Waals surface area contributed by atoms with Crippen LogP contribution in [0.3, 0.4) is 0 Å². The van der Waals surface area contributed by atoms with Crippen molar-refractivity contribution in [1.29, 1.82) is 0 Å². The van der Waals surface area contributed by atoms with E-state index >= 15 is 0 Å². The van der Waals surface area contributed by atoms with Gasteiger partial charge in [-0.1, -0.05) is 79.8 Å². The lowest BCUT2D eigenvalue weighted by Gasteiger charge is -1.85. The molecule has 1 heteroatoms. The molecule has 0 rings (SSSR count). The van der Waals surface area contributed by atoms with Gasteiger partial charge in [0.05, 0.1) is 0 Å². The van der Waals surface area contributed by atoms with Gasteiger partial charge in [-0.05, 0) is 38.5 Å². The van der Waals surface area contributed by atoms with Crippen molar-refractivity contribution in [2.45, 2.75) is 51.9 Å². The van der Waals surface area contributed by atoms with E-state index in [0.717, 1.165) is 44.8 Å². The minimum atomic E-state index is 0.519. The largest absolute Gasteiger partial charge is 0.303 e. The molecule has 0 aliphatic rings. The summed E-state index contributed by atoms with van der Waals surface area (Å²) in [5.74, 6) is 0. The Labute approximate surface area is 136 Å². The topological polar surface area (TPSA) is 17.1 Å². The molecule has 0 unspecified atom stereocenters. The highest BCUT2D eigenvalue weighted by atomic mass is 16.1. The van der Waals surface area contributed by atoms with Crippen molar-refractivity contribution in [2.24, 2.45) is 0 Å². The third kappa shape index (κ3) is 18.1. The number of hydrogen-bond donors (Lipinski definition) is 0. The fraction of sp³-hybridized carbons (Fsp3) is 0.381. The van der Waals surface area contributed by atoms with Gasteiger partial charge < -0.3 is 4.79 Å². The van der Waals surface area contributed by atoms with Crippen LogP contribution in [0.2, 0.25) is 0 Å². The van der Waals surface area contributed by atoms with Gasteiger partial charge >= 0.3 is 0 Å². The molecule has 0 saturated carbocycles. The molecule has 0 aromatic heterocycles. The van der Waals surface area contributed by atoms with E-state index in [1.807, 2.05) is 12.2 Å². The van der Waals surface area contributed by atoms with Crippen LogP contribution in [0.25, 0.3) is 0 Å². The van der Waals surface area contributed by atoms with E-state index in [1.54, 1.807) is 0 Å². The highest BCUT2D eigenvalue weighted by molar-refractivity contribution is 5.51. The minimum absolute atomic E-state index is 0.519. The molecule has 0 spiro atoms. The molecule has 0 aromatic rings. The number of rotatable bonds is 13. The second kappa shape index (κ2) is 19.1. The molecule has 120 valence electrons. The molecule has 0 aliphatic heterocycles. The summed E-state index contributed by atoms with van der Waals surface area (Å²) < 4.78 is 0. The lowest BCUT2D eigenvalue weighted by atomic mass is 10.2. The predicted molar refractivity (Wildman–Crippen MR) is 98.9 cm³/mol. The predicted octanol–water partition coefficient (Wildman–Crippen LogP) is 6.27. The van der Waals surface area contributed by atoms with Crippen molar-refractivity contribution < 1.29 is 4.79 Å². The van der Waals surface area contributed by atoms with Gasteiger partial charge in [0.1, 0.15) is 6.29 Å². The second-order valence-electron chi connectivity index (χ2n) is 4.82. The van der Waals surface area contributed by atoms with Crippen LogP contribution in [0, 0.1) is 0 Å². The van der Waals surface area contributed by atoms with E-state index in [0.29, 0.717) is 6.42 Å². The van der Waals surface area contributed by atoms with Gasteiger partial charge in [0.15, 0.2) is 0 Å². The quantitative estimate of drug-likeness (QED) is 0.289. The zero-order valence-corrected chi connectivity index (χ0v) is 13.9. The van der Waals surface area contributed by atoms with Gasteiger partial charge in [-0.25, -0.2) is 0 Å². The Hall–Kier alpha value is -1.89. The minimum Gasteiger partial charge on any atom is -0.303 e. The van der Waals surface area contributed by atoms with Gasteiger partial charge in [0, 0.05) is 6.42 Å². The van der Waals surface area contributed by atoms with E-state index < -0.39 is 0 Å². The Kier molecular flexibility index (Phi) is 17.5. The summed E-state index contributed by atoms with van der Waals surface area (Å²) in [6, 6.07) is 0. The smallest absolute Gasteiger partial charge is 0.123 e. The van der Waals surface area contributed by atoms with E-state index in [-0.39, 0.29) is 0 Å². The molecule has 0 heterocycles. The van der Waals surface area contributed by atoms with Gasteiger partial charge in [0.25, 0.3) is 0 Å². The fourth-order valence-corrected chi connectivity index (χ4v) is 1.67. The number of aldehydes is 1. The van der Waals surface area contributed by atoms with Crippen LogP contribution in [0.15, 0.2) is 72.9 Å². The maximum absolute atomic E-state index is 10.1. The zero-order chi connectivity index (χ0) is 16.1. The number of allylic oxidation sites excluding steroid dienone is 12. The lowest BCUT2D eigenvalue weighted by Crippen LogP contribution is -1.66. The van der Waals surface area contributed by atoms with Crippen molar-refractivity contribution >= 4 is 6.29 Å². The number of carbonyl (C=O) groups excluding carboxylic acids is 1. The van der Waals surface area contributed by atoms with Crippen LogP contribution >= 0.6 is 0 Å². The first-order valence-electron chi connectivity index (χ1n) is 8.25. The molecule has 0 atom stereocenters. The number of carbonyl (C=O) groups is 1. The Morgan fingerprint density at radius 1 is 0.455 bits per heavy atom. The van der Waals surface area contributed by atoms with Gasteiger partial charge in [-0.2, -0.15) is 0 Å². The molecule has 22 heavy (non-hydrogen) atoms. The Morgan fingerprint density at radius 2 is 0.727 bits per heavy atom. The summed E-state index contributed by atoms with van der Waals surface area (Å²) in [7, 11) is 0. The molecule has 1 nitrogen and oxygen atoms in total. The second-order valence-corrected chi connectivity index (χ2v) is 4.82. The zero-order valence-electron chi connectivity index (χ0n) is 13.9. The summed E-state index contributed by atoms with van der Waals surface area (Å²) in [4.78, 5) is 10.1. The molecule has 0 radical (unpaired) electrons. The monoisotopic (exact) mass is 298 g/mol. The average molecular weight is 298 g/mol. The Bertz CT molecular complexity index is 406. The standard InChI is InChI=1S/C21H30O/c1-2-3-4-5-6-7-8-9-10-11-12-13-14-15-16-17-18-19-20-21-22/h3-4,6-7,9-10,12-13,15-16,18-19,21H,2,5,8,11,14,17,20H2,1H3. The van der Waals surface area contributed by atoms with E-state index in [1.165, 1.54) is 0 Å². The third-order valence-corrected chi connectivity index (χ3v) is 2.83. The highest BCUT2D eigenvalue weighted by Crippen LogP contribution is 1.96. The summed E-state index contributed by atoms with van der Waals surface area (Å²) in [6.07, 6.45) is 33.3. The molecule has 0 bridgehead atoms. The molecule has 0 saturated heterocycles. The van der Waals surface area contributed by atoms with Crippen LogP contribution < -0.4 is 0 Å². The SMILES string of the molecule is CCC=CCC=CCC=CCC=CCC=CCC=CCC=O. The fourth-order valence-electron chi connectivity index (χ4n) is 1.67. The molecule has 0 aromatic carbocycles. The van der Waals surface area contributed by atoms with Crippen molar-refractivity contribution in [2.75, 3.05) is 0 Å². The lowest BCUT2D eigenvalue weighted by molar-refractivity contribution is -0.107. The summed E-state index contributed by atoms with van der Waals surface area (Å²) >= 11 is 0. The van der Waals surface area contributed by atoms with Gasteiger partial charge in [-0.3, -0.25) is 0 Å². The summed E-state index contributed by atoms with van der Waals surface area (Å²) in [6.45, 7) is 2.15. The van der Waals surface area contributed by atoms with Crippen molar-refractivity contribution in [1.82, 2.24) is 0 Å². The molecule has 0 amide bonds. The van der Waals surface area contributed by atoms with Crippen LogP contribution in [0.5, 0.6) is 0 Å². The Balaban J connectivity index is 3.49. The van der Waals surface area contributed by atoms with Crippen molar-refractivity contribution in [3.8, 4) is 0 Å². The molecule has 0 fully saturated rings. The van der Waals surface area contributed by atoms with Crippen molar-refractivity contribution in [3.63, 3.8) is 0 Å². The van der Waals surface area contributed by atoms with Crippen LogP contribution in [0.1, 0.15) is 51.9 Å². The Morgan fingerprint density at radius 3 is 1.00 bits per heavy atom. The molecule has 0 N–H and O–H groups in total. The van der Waals surface area contributed by atoms with Crippen LogP contribution in [-0.4, -0.2) is 6.29 Å². The van der Waals surface area contributed by atoms with E-state index in [2.05, 4.69) is 67.7 Å². The first-order valence-corrected chi connectivity index (χ1v) is 8.25. The summed E-state index contributed by atoms with van der Waals surface area (Å²) in [5, 5.41) is 0. The average Bonchev–Trinajstić information content (AvgIpc) is 2.54. The van der Waals surface area contributed by atoms with Crippen molar-refractivity contribution in [3.05, 3.63) is 72.9 Å². The highest BCUT2D eigenvalue weighted by Gasteiger charge is 1.76. The summed E-state index contributed by atoms with van der Waals surface area (Å²) in [5.41, 5.74) is 0. The maximum atomic E-state index is 10.1. The molecule has 0 aliphatic carbocycles. The van der Waals surface area contributed by atoms with E-state index in [9.17, 15) is 4.79 Å².